The number of thioether (sulfide) groups is 1. The Bertz CT molecular complexity index is 587. The van der Waals surface area contributed by atoms with Crippen LogP contribution in [0, 0.1) is 0 Å². The minimum absolute atomic E-state index is 0.139. The van der Waals surface area contributed by atoms with Crippen LogP contribution in [0.3, 0.4) is 0 Å². The number of nitrogens with zero attached hydrogens (tertiary/aromatic N) is 1. The molecule has 0 aliphatic carbocycles. The minimum atomic E-state index is -3.47. The largest absolute Gasteiger partial charge is 0.392 e. The van der Waals surface area contributed by atoms with Gasteiger partial charge in [-0.2, -0.15) is 16.1 Å². The lowest BCUT2D eigenvalue weighted by molar-refractivity contribution is 0.281. The van der Waals surface area contributed by atoms with Crippen LogP contribution in [0.1, 0.15) is 31.4 Å². The molecule has 1 aromatic rings. The van der Waals surface area contributed by atoms with Crippen molar-refractivity contribution >= 4 is 21.8 Å². The standard InChI is InChI=1S/C15H23NO3S2/c1-3-13-6-5-12(11-17)9-15(13)21(18,19)16-7-8-20-14(4-2)10-16/h5-6,9,14,17H,3-4,7-8,10-11H2,1-2H3. The van der Waals surface area contributed by atoms with E-state index in [1.807, 2.05) is 24.8 Å². The van der Waals surface area contributed by atoms with Crippen molar-refractivity contribution in [3.63, 3.8) is 0 Å². The van der Waals surface area contributed by atoms with Gasteiger partial charge in [0.25, 0.3) is 0 Å². The van der Waals surface area contributed by atoms with Gasteiger partial charge in [0.2, 0.25) is 10.0 Å². The molecular weight excluding hydrogens is 306 g/mol. The molecule has 1 atom stereocenters. The van der Waals surface area contributed by atoms with E-state index in [2.05, 4.69) is 6.92 Å². The van der Waals surface area contributed by atoms with E-state index < -0.39 is 10.0 Å². The zero-order valence-corrected chi connectivity index (χ0v) is 14.2. The summed E-state index contributed by atoms with van der Waals surface area (Å²) in [6.45, 7) is 5.05. The van der Waals surface area contributed by atoms with Crippen LogP contribution in [0.25, 0.3) is 0 Å². The van der Waals surface area contributed by atoms with Crippen LogP contribution in [0.5, 0.6) is 0 Å². The molecule has 1 fully saturated rings. The van der Waals surface area contributed by atoms with Crippen molar-refractivity contribution in [2.45, 2.75) is 43.4 Å². The first-order valence-electron chi connectivity index (χ1n) is 7.37. The molecule has 0 saturated carbocycles. The van der Waals surface area contributed by atoms with Gasteiger partial charge in [-0.15, -0.1) is 0 Å². The van der Waals surface area contributed by atoms with E-state index in [-0.39, 0.29) is 6.61 Å². The Morgan fingerprint density at radius 2 is 2.14 bits per heavy atom. The van der Waals surface area contributed by atoms with Gasteiger partial charge in [-0.05, 0) is 30.0 Å². The highest BCUT2D eigenvalue weighted by molar-refractivity contribution is 8.00. The monoisotopic (exact) mass is 329 g/mol. The van der Waals surface area contributed by atoms with Crippen molar-refractivity contribution in [1.82, 2.24) is 4.31 Å². The molecule has 1 aliphatic heterocycles. The van der Waals surface area contributed by atoms with Crippen molar-refractivity contribution in [3.05, 3.63) is 29.3 Å². The molecule has 1 N–H and O–H groups in total. The Labute approximate surface area is 131 Å². The predicted molar refractivity (Wildman–Crippen MR) is 87.0 cm³/mol. The topological polar surface area (TPSA) is 57.6 Å². The molecule has 4 nitrogen and oxygen atoms in total. The summed E-state index contributed by atoms with van der Waals surface area (Å²) in [6.07, 6.45) is 1.65. The van der Waals surface area contributed by atoms with E-state index in [1.54, 1.807) is 16.4 Å². The van der Waals surface area contributed by atoms with Crippen molar-refractivity contribution in [2.24, 2.45) is 0 Å². The number of hydrogen-bond acceptors (Lipinski definition) is 4. The SMILES string of the molecule is CCc1ccc(CO)cc1S(=O)(=O)N1CCSC(CC)C1. The first-order chi connectivity index (χ1) is 10.0. The summed E-state index contributed by atoms with van der Waals surface area (Å²) in [5.74, 6) is 0.846. The summed E-state index contributed by atoms with van der Waals surface area (Å²) >= 11 is 1.85. The van der Waals surface area contributed by atoms with E-state index in [0.29, 0.717) is 35.2 Å². The van der Waals surface area contributed by atoms with Crippen LogP contribution in [0.4, 0.5) is 0 Å². The summed E-state index contributed by atoms with van der Waals surface area (Å²) < 4.78 is 27.5. The molecule has 0 amide bonds. The maximum atomic E-state index is 12.9. The van der Waals surface area contributed by atoms with Crippen LogP contribution in [-0.4, -0.2) is 41.9 Å². The second kappa shape index (κ2) is 7.13. The number of benzene rings is 1. The first kappa shape index (κ1) is 16.8. The molecule has 0 spiro atoms. The van der Waals surface area contributed by atoms with Gasteiger partial charge in [0, 0.05) is 24.1 Å². The summed E-state index contributed by atoms with van der Waals surface area (Å²) in [7, 11) is -3.47. The number of sulfonamides is 1. The van der Waals surface area contributed by atoms with Gasteiger partial charge in [0.05, 0.1) is 11.5 Å². The summed E-state index contributed by atoms with van der Waals surface area (Å²) in [6, 6.07) is 5.23. The van der Waals surface area contributed by atoms with Crippen molar-refractivity contribution in [1.29, 1.82) is 0 Å². The lowest BCUT2D eigenvalue weighted by atomic mass is 10.1. The van der Waals surface area contributed by atoms with Gasteiger partial charge in [-0.3, -0.25) is 0 Å². The van der Waals surface area contributed by atoms with Gasteiger partial charge >= 0.3 is 0 Å². The van der Waals surface area contributed by atoms with Crippen LogP contribution in [0.2, 0.25) is 0 Å². The predicted octanol–water partition coefficient (Wildman–Crippen LogP) is 2.26. The van der Waals surface area contributed by atoms with E-state index in [0.717, 1.165) is 17.7 Å². The van der Waals surface area contributed by atoms with Crippen LogP contribution < -0.4 is 0 Å². The average Bonchev–Trinajstić information content (AvgIpc) is 2.54. The number of aliphatic hydroxyl groups is 1. The van der Waals surface area contributed by atoms with Gasteiger partial charge in [-0.25, -0.2) is 8.42 Å². The third-order valence-corrected chi connectivity index (χ3v) is 7.19. The quantitative estimate of drug-likeness (QED) is 0.900. The molecular formula is C15H23NO3S2. The summed E-state index contributed by atoms with van der Waals surface area (Å²) in [5.41, 5.74) is 1.46. The zero-order valence-electron chi connectivity index (χ0n) is 12.6. The van der Waals surface area contributed by atoms with Crippen LogP contribution >= 0.6 is 11.8 Å². The van der Waals surface area contributed by atoms with Crippen molar-refractivity contribution < 1.29 is 13.5 Å². The third kappa shape index (κ3) is 3.62. The number of aliphatic hydroxyl groups excluding tert-OH is 1. The lowest BCUT2D eigenvalue weighted by Gasteiger charge is -2.31. The Morgan fingerprint density at radius 1 is 1.38 bits per heavy atom. The highest BCUT2D eigenvalue weighted by Crippen LogP contribution is 2.28. The lowest BCUT2D eigenvalue weighted by Crippen LogP contribution is -2.42. The summed E-state index contributed by atoms with van der Waals surface area (Å²) in [4.78, 5) is 0.360. The Hall–Kier alpha value is -0.560. The Morgan fingerprint density at radius 3 is 2.76 bits per heavy atom. The Kier molecular flexibility index (Phi) is 5.71. The Balaban J connectivity index is 2.38. The van der Waals surface area contributed by atoms with E-state index in [9.17, 15) is 13.5 Å². The maximum Gasteiger partial charge on any atom is 0.243 e. The zero-order chi connectivity index (χ0) is 15.5. The van der Waals surface area contributed by atoms with Gasteiger partial charge in [0.1, 0.15) is 0 Å². The number of rotatable bonds is 5. The van der Waals surface area contributed by atoms with E-state index >= 15 is 0 Å². The number of aryl methyl sites for hydroxylation is 1. The molecule has 2 rings (SSSR count). The van der Waals surface area contributed by atoms with Gasteiger partial charge in [0.15, 0.2) is 0 Å². The first-order valence-corrected chi connectivity index (χ1v) is 9.86. The molecule has 6 heteroatoms. The molecule has 1 saturated heterocycles. The van der Waals surface area contributed by atoms with Gasteiger partial charge < -0.3 is 5.11 Å². The van der Waals surface area contributed by atoms with E-state index in [1.165, 1.54) is 0 Å². The van der Waals surface area contributed by atoms with Crippen LogP contribution in [-0.2, 0) is 23.1 Å². The fourth-order valence-corrected chi connectivity index (χ4v) is 5.75. The maximum absolute atomic E-state index is 12.9. The van der Waals surface area contributed by atoms with Gasteiger partial charge in [-0.1, -0.05) is 26.0 Å². The molecule has 118 valence electrons. The second-order valence-electron chi connectivity index (χ2n) is 5.22. The van der Waals surface area contributed by atoms with E-state index in [4.69, 9.17) is 0 Å². The summed E-state index contributed by atoms with van der Waals surface area (Å²) in [5, 5.41) is 9.64. The molecule has 1 aliphatic rings. The molecule has 1 aromatic carbocycles. The smallest absolute Gasteiger partial charge is 0.243 e. The fraction of sp³-hybridized carbons (Fsp3) is 0.600. The second-order valence-corrected chi connectivity index (χ2v) is 8.53. The molecule has 21 heavy (non-hydrogen) atoms. The highest BCUT2D eigenvalue weighted by Gasteiger charge is 2.31. The average molecular weight is 329 g/mol. The fourth-order valence-electron chi connectivity index (χ4n) is 2.53. The number of hydrogen-bond donors (Lipinski definition) is 1. The highest BCUT2D eigenvalue weighted by atomic mass is 32.2. The van der Waals surface area contributed by atoms with Crippen molar-refractivity contribution in [2.75, 3.05) is 18.8 Å². The molecule has 0 radical (unpaired) electrons. The molecule has 0 bridgehead atoms. The molecule has 1 unspecified atom stereocenters. The molecule has 0 aromatic heterocycles. The van der Waals surface area contributed by atoms with Crippen molar-refractivity contribution in [3.8, 4) is 0 Å². The van der Waals surface area contributed by atoms with Crippen LogP contribution in [0.15, 0.2) is 23.1 Å². The normalized spacial score (nSPS) is 20.6. The third-order valence-electron chi connectivity index (χ3n) is 3.87. The molecule has 1 heterocycles. The minimum Gasteiger partial charge on any atom is -0.392 e.